The third-order valence-electron chi connectivity index (χ3n) is 7.79. The Morgan fingerprint density at radius 2 is 1.63 bits per heavy atom. The van der Waals surface area contributed by atoms with Crippen molar-refractivity contribution >= 4 is 5.91 Å². The number of carbonyl (C=O) groups is 1. The van der Waals surface area contributed by atoms with Crippen molar-refractivity contribution in [2.45, 2.75) is 58.1 Å². The minimum atomic E-state index is -0.266. The molecule has 1 amide bonds. The quantitative estimate of drug-likeness (QED) is 0.663. The maximum atomic E-state index is 13.2. The number of carbonyl (C=O) groups excluding carboxylic acids is 1. The van der Waals surface area contributed by atoms with Gasteiger partial charge in [0.25, 0.3) is 5.91 Å². The Balaban J connectivity index is 1.28. The summed E-state index contributed by atoms with van der Waals surface area (Å²) in [5.41, 5.74) is 1.71. The number of ether oxygens (including phenoxy) is 1. The van der Waals surface area contributed by atoms with E-state index in [2.05, 4.69) is 12.2 Å². The van der Waals surface area contributed by atoms with Gasteiger partial charge in [-0.1, -0.05) is 24.3 Å². The molecular formula is C26H30FNO2. The van der Waals surface area contributed by atoms with Crippen molar-refractivity contribution in [2.75, 3.05) is 0 Å². The average Bonchev–Trinajstić information content (AvgIpc) is 2.72. The second-order valence-corrected chi connectivity index (χ2v) is 9.89. The standard InChI is InChI=1S/C26H30FNO2/c1-17(26-13-19-10-20(14-26)12-21(11-19)15-26)28-25(29)23-4-2-3-5-24(23)30-16-18-6-8-22(27)9-7-18/h2-9,17,19-21H,10-16H2,1H3,(H,28,29)/t17-,19?,20?,21?,26?/m1/s1. The van der Waals surface area contributed by atoms with E-state index in [9.17, 15) is 9.18 Å². The summed E-state index contributed by atoms with van der Waals surface area (Å²) in [6.07, 6.45) is 8.01. The third-order valence-corrected chi connectivity index (χ3v) is 7.79. The van der Waals surface area contributed by atoms with E-state index in [-0.39, 0.29) is 23.2 Å². The number of amides is 1. The molecule has 2 aromatic carbocycles. The molecule has 4 aliphatic carbocycles. The molecule has 2 aromatic rings. The van der Waals surface area contributed by atoms with Gasteiger partial charge in [-0.2, -0.15) is 0 Å². The molecule has 4 saturated carbocycles. The van der Waals surface area contributed by atoms with Gasteiger partial charge in [0, 0.05) is 6.04 Å². The smallest absolute Gasteiger partial charge is 0.255 e. The van der Waals surface area contributed by atoms with E-state index in [0.717, 1.165) is 23.3 Å². The first-order chi connectivity index (χ1) is 14.5. The normalized spacial score (nSPS) is 30.1. The molecule has 4 aliphatic rings. The van der Waals surface area contributed by atoms with Crippen molar-refractivity contribution in [3.05, 3.63) is 65.5 Å². The summed E-state index contributed by atoms with van der Waals surface area (Å²) >= 11 is 0. The van der Waals surface area contributed by atoms with Crippen molar-refractivity contribution in [1.29, 1.82) is 0 Å². The molecule has 1 N–H and O–H groups in total. The fourth-order valence-corrected chi connectivity index (χ4v) is 6.66. The number of nitrogens with one attached hydrogen (secondary N) is 1. The Labute approximate surface area is 178 Å². The van der Waals surface area contributed by atoms with Crippen LogP contribution in [0.15, 0.2) is 48.5 Å². The Bertz CT molecular complexity index is 888. The second-order valence-electron chi connectivity index (χ2n) is 9.89. The van der Waals surface area contributed by atoms with Gasteiger partial charge in [-0.05, 0) is 98.4 Å². The minimum Gasteiger partial charge on any atom is -0.488 e. The molecule has 4 bridgehead atoms. The van der Waals surface area contributed by atoms with Crippen LogP contribution < -0.4 is 10.1 Å². The summed E-state index contributed by atoms with van der Waals surface area (Å²) in [6, 6.07) is 13.8. The minimum absolute atomic E-state index is 0.0621. The van der Waals surface area contributed by atoms with Crippen LogP contribution >= 0.6 is 0 Å². The number of hydrogen-bond donors (Lipinski definition) is 1. The Morgan fingerprint density at radius 3 is 2.27 bits per heavy atom. The molecular weight excluding hydrogens is 377 g/mol. The fraction of sp³-hybridized carbons (Fsp3) is 0.500. The lowest BCUT2D eigenvalue weighted by Crippen LogP contribution is -2.55. The lowest BCUT2D eigenvalue weighted by atomic mass is 9.48. The van der Waals surface area contributed by atoms with Gasteiger partial charge in [-0.25, -0.2) is 4.39 Å². The van der Waals surface area contributed by atoms with E-state index < -0.39 is 0 Å². The summed E-state index contributed by atoms with van der Waals surface area (Å²) < 4.78 is 19.0. The van der Waals surface area contributed by atoms with Crippen molar-refractivity contribution < 1.29 is 13.9 Å². The fourth-order valence-electron chi connectivity index (χ4n) is 6.66. The molecule has 0 saturated heterocycles. The Kier molecular flexibility index (Phi) is 5.04. The summed E-state index contributed by atoms with van der Waals surface area (Å²) in [6.45, 7) is 2.50. The zero-order chi connectivity index (χ0) is 20.7. The van der Waals surface area contributed by atoms with Crippen LogP contribution in [0.1, 0.15) is 61.4 Å². The predicted octanol–water partition coefficient (Wildman–Crippen LogP) is 5.74. The van der Waals surface area contributed by atoms with Gasteiger partial charge in [0.2, 0.25) is 0 Å². The van der Waals surface area contributed by atoms with E-state index in [1.807, 2.05) is 24.3 Å². The van der Waals surface area contributed by atoms with Crippen molar-refractivity contribution in [3.63, 3.8) is 0 Å². The molecule has 158 valence electrons. The number of rotatable bonds is 6. The maximum Gasteiger partial charge on any atom is 0.255 e. The second kappa shape index (κ2) is 7.72. The average molecular weight is 408 g/mol. The number of benzene rings is 2. The zero-order valence-electron chi connectivity index (χ0n) is 17.6. The highest BCUT2D eigenvalue weighted by Crippen LogP contribution is 2.61. The number of halogens is 1. The van der Waals surface area contributed by atoms with Crippen LogP contribution in [0.25, 0.3) is 0 Å². The lowest BCUT2D eigenvalue weighted by molar-refractivity contribution is -0.0688. The molecule has 0 radical (unpaired) electrons. The van der Waals surface area contributed by atoms with Gasteiger partial charge in [0.05, 0.1) is 5.56 Å². The molecule has 0 aromatic heterocycles. The molecule has 0 aliphatic heterocycles. The zero-order valence-corrected chi connectivity index (χ0v) is 17.6. The first-order valence-electron chi connectivity index (χ1n) is 11.3. The van der Waals surface area contributed by atoms with Crippen LogP contribution in [-0.4, -0.2) is 11.9 Å². The highest BCUT2D eigenvalue weighted by Gasteiger charge is 2.53. The molecule has 30 heavy (non-hydrogen) atoms. The molecule has 0 spiro atoms. The SMILES string of the molecule is C[C@@H](NC(=O)c1ccccc1OCc1ccc(F)cc1)C12CC3CC(CC(C3)C1)C2. The van der Waals surface area contributed by atoms with Gasteiger partial charge >= 0.3 is 0 Å². The summed E-state index contributed by atoms with van der Waals surface area (Å²) in [7, 11) is 0. The molecule has 6 rings (SSSR count). The van der Waals surface area contributed by atoms with Gasteiger partial charge < -0.3 is 10.1 Å². The maximum absolute atomic E-state index is 13.2. The van der Waals surface area contributed by atoms with Crippen LogP contribution in [0.4, 0.5) is 4.39 Å². The highest BCUT2D eigenvalue weighted by molar-refractivity contribution is 5.97. The number of para-hydroxylation sites is 1. The number of hydrogen-bond acceptors (Lipinski definition) is 2. The highest BCUT2D eigenvalue weighted by atomic mass is 19.1. The lowest BCUT2D eigenvalue weighted by Gasteiger charge is -2.59. The van der Waals surface area contributed by atoms with Gasteiger partial charge in [-0.15, -0.1) is 0 Å². The van der Waals surface area contributed by atoms with Crippen LogP contribution in [0.2, 0.25) is 0 Å². The molecule has 4 fully saturated rings. The molecule has 0 unspecified atom stereocenters. The van der Waals surface area contributed by atoms with Crippen molar-refractivity contribution in [2.24, 2.45) is 23.2 Å². The van der Waals surface area contributed by atoms with Crippen LogP contribution in [0, 0.1) is 29.0 Å². The van der Waals surface area contributed by atoms with Gasteiger partial charge in [0.1, 0.15) is 18.2 Å². The van der Waals surface area contributed by atoms with E-state index in [4.69, 9.17) is 4.74 Å². The summed E-state index contributed by atoms with van der Waals surface area (Å²) in [4.78, 5) is 13.2. The van der Waals surface area contributed by atoms with E-state index in [1.54, 1.807) is 12.1 Å². The first-order valence-corrected chi connectivity index (χ1v) is 11.3. The molecule has 0 heterocycles. The van der Waals surface area contributed by atoms with E-state index in [1.165, 1.54) is 50.7 Å². The topological polar surface area (TPSA) is 38.3 Å². The van der Waals surface area contributed by atoms with E-state index in [0.29, 0.717) is 17.9 Å². The monoisotopic (exact) mass is 407 g/mol. The van der Waals surface area contributed by atoms with Crippen LogP contribution in [-0.2, 0) is 6.61 Å². The van der Waals surface area contributed by atoms with Crippen LogP contribution in [0.3, 0.4) is 0 Å². The Hall–Kier alpha value is -2.36. The Morgan fingerprint density at radius 1 is 1.03 bits per heavy atom. The molecule has 4 heteroatoms. The van der Waals surface area contributed by atoms with Crippen molar-refractivity contribution in [1.82, 2.24) is 5.32 Å². The molecule has 1 atom stereocenters. The predicted molar refractivity (Wildman–Crippen MR) is 115 cm³/mol. The van der Waals surface area contributed by atoms with E-state index >= 15 is 0 Å². The van der Waals surface area contributed by atoms with Crippen LogP contribution in [0.5, 0.6) is 5.75 Å². The first kappa shape index (κ1) is 19.6. The summed E-state index contributed by atoms with van der Waals surface area (Å²) in [5.74, 6) is 2.83. The van der Waals surface area contributed by atoms with Crippen molar-refractivity contribution in [3.8, 4) is 5.75 Å². The summed E-state index contributed by atoms with van der Waals surface area (Å²) in [5, 5.41) is 3.33. The van der Waals surface area contributed by atoms with Gasteiger partial charge in [-0.3, -0.25) is 4.79 Å². The molecule has 3 nitrogen and oxygen atoms in total. The largest absolute Gasteiger partial charge is 0.488 e. The third kappa shape index (κ3) is 3.73. The van der Waals surface area contributed by atoms with Gasteiger partial charge in [0.15, 0.2) is 0 Å².